The summed E-state index contributed by atoms with van der Waals surface area (Å²) in [4.78, 5) is 0. The average molecular weight is 198 g/mol. The van der Waals surface area contributed by atoms with Crippen LogP contribution in [0.3, 0.4) is 0 Å². The maximum atomic E-state index is 9.02. The lowest BCUT2D eigenvalue weighted by Gasteiger charge is -2.03. The van der Waals surface area contributed by atoms with Gasteiger partial charge in [0.15, 0.2) is 0 Å². The van der Waals surface area contributed by atoms with Crippen molar-refractivity contribution >= 4 is 29.4 Å². The first-order valence-corrected chi connectivity index (χ1v) is 4.73. The molecule has 0 atom stereocenters. The van der Waals surface area contributed by atoms with Gasteiger partial charge in [0.05, 0.1) is 0 Å². The van der Waals surface area contributed by atoms with E-state index in [-0.39, 0.29) is 0 Å². The Bertz CT molecular complexity index is 506. The summed E-state index contributed by atoms with van der Waals surface area (Å²) in [7, 11) is -1.41. The first-order valence-electron chi connectivity index (χ1n) is 4.73. The van der Waals surface area contributed by atoms with Gasteiger partial charge in [-0.2, -0.15) is 0 Å². The Hall–Kier alpha value is -1.58. The summed E-state index contributed by atoms with van der Waals surface area (Å²) in [5.41, 5.74) is 1.56. The summed E-state index contributed by atoms with van der Waals surface area (Å²) >= 11 is 0. The van der Waals surface area contributed by atoms with E-state index in [1.165, 1.54) is 0 Å². The molecule has 2 aromatic carbocycles. The molecule has 0 aromatic heterocycles. The molecule has 0 saturated carbocycles. The van der Waals surface area contributed by atoms with E-state index in [0.717, 1.165) is 16.3 Å². The third kappa shape index (κ3) is 1.93. The first-order chi connectivity index (χ1) is 7.20. The lowest BCUT2D eigenvalue weighted by molar-refractivity contribution is 0.426. The molecule has 0 aliphatic heterocycles. The van der Waals surface area contributed by atoms with Gasteiger partial charge < -0.3 is 10.0 Å². The molecule has 0 bridgehead atoms. The van der Waals surface area contributed by atoms with Crippen LogP contribution in [0, 0.1) is 0 Å². The summed E-state index contributed by atoms with van der Waals surface area (Å²) in [5.74, 6) is 0. The topological polar surface area (TPSA) is 40.5 Å². The second-order valence-electron chi connectivity index (χ2n) is 3.44. The van der Waals surface area contributed by atoms with Crippen molar-refractivity contribution in [3.05, 3.63) is 48.5 Å². The van der Waals surface area contributed by atoms with Crippen molar-refractivity contribution in [2.24, 2.45) is 0 Å². The smallest absolute Gasteiger partial charge is 0.423 e. The Balaban J connectivity index is 2.59. The summed E-state index contributed by atoms with van der Waals surface area (Å²) in [5, 5.41) is 20.1. The van der Waals surface area contributed by atoms with Gasteiger partial charge in [0.25, 0.3) is 0 Å². The van der Waals surface area contributed by atoms with Crippen LogP contribution in [0.1, 0.15) is 5.56 Å². The van der Waals surface area contributed by atoms with Crippen LogP contribution in [-0.2, 0) is 0 Å². The minimum Gasteiger partial charge on any atom is -0.423 e. The van der Waals surface area contributed by atoms with Crippen molar-refractivity contribution in [3.8, 4) is 0 Å². The third-order valence-corrected chi connectivity index (χ3v) is 2.42. The summed E-state index contributed by atoms with van der Waals surface area (Å²) < 4.78 is 0. The van der Waals surface area contributed by atoms with Gasteiger partial charge in [-0.1, -0.05) is 43.0 Å². The zero-order chi connectivity index (χ0) is 10.8. The molecule has 2 aromatic rings. The minimum atomic E-state index is -1.41. The molecular weight excluding hydrogens is 187 g/mol. The van der Waals surface area contributed by atoms with Crippen LogP contribution in [-0.4, -0.2) is 17.2 Å². The molecule has 2 nitrogen and oxygen atoms in total. The fraction of sp³-hybridized carbons (Fsp3) is 0. The quantitative estimate of drug-likeness (QED) is 0.711. The van der Waals surface area contributed by atoms with Crippen LogP contribution >= 0.6 is 0 Å². The van der Waals surface area contributed by atoms with E-state index >= 15 is 0 Å². The predicted molar refractivity (Wildman–Crippen MR) is 63.9 cm³/mol. The molecule has 3 heteroatoms. The van der Waals surface area contributed by atoms with E-state index < -0.39 is 7.12 Å². The third-order valence-electron chi connectivity index (χ3n) is 2.42. The van der Waals surface area contributed by atoms with Crippen LogP contribution in [0.5, 0.6) is 0 Å². The number of benzene rings is 2. The lowest BCUT2D eigenvalue weighted by Crippen LogP contribution is -2.29. The van der Waals surface area contributed by atoms with E-state index in [9.17, 15) is 0 Å². The van der Waals surface area contributed by atoms with E-state index in [1.807, 2.05) is 24.3 Å². The highest BCUT2D eigenvalue weighted by atomic mass is 16.4. The molecule has 0 spiro atoms. The standard InChI is InChI=1S/C12H11BO2/c1-2-9-3-4-11-8-12(13(14)15)6-5-10(11)7-9/h2-8,14-15H,1H2. The average Bonchev–Trinajstić information content (AvgIpc) is 2.27. The van der Waals surface area contributed by atoms with Crippen LogP contribution in [0.15, 0.2) is 43.0 Å². The van der Waals surface area contributed by atoms with Gasteiger partial charge in [0.2, 0.25) is 0 Å². The van der Waals surface area contributed by atoms with Gasteiger partial charge in [-0.15, -0.1) is 0 Å². The van der Waals surface area contributed by atoms with Crippen molar-refractivity contribution in [2.45, 2.75) is 0 Å². The number of hydrogen-bond donors (Lipinski definition) is 2. The Labute approximate surface area is 88.6 Å². The highest BCUT2D eigenvalue weighted by Crippen LogP contribution is 2.15. The SMILES string of the molecule is C=Cc1ccc2cc(B(O)O)ccc2c1. The van der Waals surface area contributed by atoms with Crippen LogP contribution in [0.4, 0.5) is 0 Å². The Kier molecular flexibility index (Phi) is 2.58. The fourth-order valence-corrected chi connectivity index (χ4v) is 1.57. The number of hydrogen-bond acceptors (Lipinski definition) is 2. The molecule has 0 unspecified atom stereocenters. The molecule has 0 aliphatic carbocycles. The van der Waals surface area contributed by atoms with Crippen molar-refractivity contribution in [2.75, 3.05) is 0 Å². The van der Waals surface area contributed by atoms with Crippen LogP contribution in [0.2, 0.25) is 0 Å². The van der Waals surface area contributed by atoms with Crippen molar-refractivity contribution in [1.29, 1.82) is 0 Å². The van der Waals surface area contributed by atoms with Crippen LogP contribution in [0.25, 0.3) is 16.8 Å². The minimum absolute atomic E-state index is 0.508. The van der Waals surface area contributed by atoms with E-state index in [2.05, 4.69) is 6.58 Å². The van der Waals surface area contributed by atoms with E-state index in [1.54, 1.807) is 18.2 Å². The maximum absolute atomic E-state index is 9.02. The monoisotopic (exact) mass is 198 g/mol. The Morgan fingerprint density at radius 1 is 1.00 bits per heavy atom. The molecule has 0 amide bonds. The number of rotatable bonds is 2. The van der Waals surface area contributed by atoms with Gasteiger partial charge >= 0.3 is 7.12 Å². The predicted octanol–water partition coefficient (Wildman–Crippen LogP) is 1.16. The fourth-order valence-electron chi connectivity index (χ4n) is 1.57. The van der Waals surface area contributed by atoms with E-state index in [0.29, 0.717) is 5.46 Å². The van der Waals surface area contributed by atoms with Crippen molar-refractivity contribution in [1.82, 2.24) is 0 Å². The second-order valence-corrected chi connectivity index (χ2v) is 3.44. The van der Waals surface area contributed by atoms with Gasteiger partial charge in [-0.05, 0) is 27.9 Å². The Morgan fingerprint density at radius 3 is 2.33 bits per heavy atom. The largest absolute Gasteiger partial charge is 0.488 e. The molecule has 0 saturated heterocycles. The molecule has 15 heavy (non-hydrogen) atoms. The zero-order valence-corrected chi connectivity index (χ0v) is 8.22. The Morgan fingerprint density at radius 2 is 1.67 bits per heavy atom. The van der Waals surface area contributed by atoms with Gasteiger partial charge in [-0.25, -0.2) is 0 Å². The molecule has 0 fully saturated rings. The summed E-state index contributed by atoms with van der Waals surface area (Å²) in [6.07, 6.45) is 1.79. The summed E-state index contributed by atoms with van der Waals surface area (Å²) in [6, 6.07) is 11.3. The van der Waals surface area contributed by atoms with Crippen LogP contribution < -0.4 is 5.46 Å². The van der Waals surface area contributed by atoms with Crippen molar-refractivity contribution < 1.29 is 10.0 Å². The molecule has 74 valence electrons. The molecule has 0 heterocycles. The van der Waals surface area contributed by atoms with Gasteiger partial charge in [0, 0.05) is 0 Å². The molecule has 2 N–H and O–H groups in total. The van der Waals surface area contributed by atoms with Gasteiger partial charge in [0.1, 0.15) is 0 Å². The van der Waals surface area contributed by atoms with Crippen molar-refractivity contribution in [3.63, 3.8) is 0 Å². The zero-order valence-electron chi connectivity index (χ0n) is 8.22. The first kappa shape index (κ1) is 9.96. The molecular formula is C12H11BO2. The summed E-state index contributed by atoms with van der Waals surface area (Å²) in [6.45, 7) is 3.70. The van der Waals surface area contributed by atoms with E-state index in [4.69, 9.17) is 10.0 Å². The highest BCUT2D eigenvalue weighted by Gasteiger charge is 2.10. The van der Waals surface area contributed by atoms with Gasteiger partial charge in [-0.3, -0.25) is 0 Å². The lowest BCUT2D eigenvalue weighted by atomic mass is 9.79. The normalized spacial score (nSPS) is 10.3. The molecule has 2 rings (SSSR count). The second kappa shape index (κ2) is 3.89. The molecule has 0 radical (unpaired) electrons. The molecule has 0 aliphatic rings. The highest BCUT2D eigenvalue weighted by molar-refractivity contribution is 6.58. The maximum Gasteiger partial charge on any atom is 0.488 e. The number of fused-ring (bicyclic) bond motifs is 1.